The smallest absolute Gasteiger partial charge is 0.246 e. The number of nitrogens with zero attached hydrogens (tertiary/aromatic N) is 1. The maximum atomic E-state index is 14.1. The maximum absolute atomic E-state index is 14.1. The van der Waals surface area contributed by atoms with Gasteiger partial charge in [-0.3, -0.25) is 0 Å². The van der Waals surface area contributed by atoms with Crippen LogP contribution in [0.25, 0.3) is 0 Å². The van der Waals surface area contributed by atoms with Gasteiger partial charge in [0.25, 0.3) is 0 Å². The summed E-state index contributed by atoms with van der Waals surface area (Å²) in [5.41, 5.74) is -0.0284. The van der Waals surface area contributed by atoms with E-state index in [-0.39, 0.29) is 10.5 Å². The molecule has 0 saturated carbocycles. The van der Waals surface area contributed by atoms with E-state index in [0.29, 0.717) is 29.1 Å². The molecule has 8 heteroatoms. The van der Waals surface area contributed by atoms with Gasteiger partial charge < -0.3 is 5.11 Å². The number of aliphatic hydroxyl groups is 1. The summed E-state index contributed by atoms with van der Waals surface area (Å²) in [5, 5.41) is 9.07. The Hall–Kier alpha value is -0.150. The molecule has 2 rings (SSSR count). The minimum Gasteiger partial charge on any atom is -0.392 e. The minimum atomic E-state index is -3.84. The minimum absolute atomic E-state index is 0.0284. The first kappa shape index (κ1) is 15.2. The first-order valence-electron chi connectivity index (χ1n) is 5.63. The van der Waals surface area contributed by atoms with Gasteiger partial charge in [0.1, 0.15) is 10.7 Å². The van der Waals surface area contributed by atoms with E-state index in [4.69, 9.17) is 5.11 Å². The predicted molar refractivity (Wildman–Crippen MR) is 76.1 cm³/mol. The van der Waals surface area contributed by atoms with Crippen molar-refractivity contribution in [3.63, 3.8) is 0 Å². The summed E-state index contributed by atoms with van der Waals surface area (Å²) in [6.45, 7) is 0.227. The number of hydrogen-bond acceptors (Lipinski definition) is 4. The summed E-state index contributed by atoms with van der Waals surface area (Å²) in [5.74, 6) is 0.549. The van der Waals surface area contributed by atoms with Crippen LogP contribution in [0.5, 0.6) is 0 Å². The molecule has 0 radical (unpaired) electrons. The van der Waals surface area contributed by atoms with Crippen molar-refractivity contribution in [2.24, 2.45) is 0 Å². The monoisotopic (exact) mass is 369 g/mol. The second-order valence-electron chi connectivity index (χ2n) is 4.05. The van der Waals surface area contributed by atoms with Crippen molar-refractivity contribution in [2.45, 2.75) is 11.5 Å². The molecule has 1 aliphatic rings. The molecule has 1 fully saturated rings. The molecule has 1 aromatic carbocycles. The van der Waals surface area contributed by atoms with E-state index in [2.05, 4.69) is 15.9 Å². The Kier molecular flexibility index (Phi) is 4.88. The molecule has 0 amide bonds. The van der Waals surface area contributed by atoms with E-state index in [1.807, 2.05) is 0 Å². The summed E-state index contributed by atoms with van der Waals surface area (Å²) in [6.07, 6.45) is 0. The van der Waals surface area contributed by atoms with Crippen LogP contribution in [-0.4, -0.2) is 42.4 Å². The Bertz CT molecular complexity index is 574. The fourth-order valence-corrected chi connectivity index (χ4v) is 5.21. The Morgan fingerprint density at radius 2 is 2.00 bits per heavy atom. The number of thioether (sulfide) groups is 1. The lowest BCUT2D eigenvalue weighted by Crippen LogP contribution is -2.38. The molecule has 1 aromatic rings. The molecule has 106 valence electrons. The van der Waals surface area contributed by atoms with Gasteiger partial charge >= 0.3 is 0 Å². The van der Waals surface area contributed by atoms with Crippen molar-refractivity contribution in [1.29, 1.82) is 0 Å². The number of sulfonamides is 1. The Morgan fingerprint density at radius 1 is 1.37 bits per heavy atom. The number of benzene rings is 1. The highest BCUT2D eigenvalue weighted by molar-refractivity contribution is 9.10. The van der Waals surface area contributed by atoms with Gasteiger partial charge in [0, 0.05) is 34.6 Å². The number of aliphatic hydroxyl groups excluding tert-OH is 1. The van der Waals surface area contributed by atoms with Crippen molar-refractivity contribution in [2.75, 3.05) is 24.6 Å². The first-order valence-corrected chi connectivity index (χ1v) is 9.02. The molecule has 4 nitrogen and oxygen atoms in total. The highest BCUT2D eigenvalue weighted by Gasteiger charge is 2.30. The summed E-state index contributed by atoms with van der Waals surface area (Å²) >= 11 is 4.82. The zero-order valence-corrected chi connectivity index (χ0v) is 13.2. The second kappa shape index (κ2) is 6.09. The molecule has 1 heterocycles. The van der Waals surface area contributed by atoms with Crippen LogP contribution in [0.2, 0.25) is 0 Å². The van der Waals surface area contributed by atoms with Crippen LogP contribution in [0.1, 0.15) is 5.56 Å². The number of halogens is 2. The van der Waals surface area contributed by atoms with Crippen LogP contribution in [0.4, 0.5) is 4.39 Å². The van der Waals surface area contributed by atoms with Gasteiger partial charge in [0.15, 0.2) is 0 Å². The van der Waals surface area contributed by atoms with E-state index in [0.717, 1.165) is 0 Å². The molecular formula is C11H13BrFNO3S2. The fourth-order valence-electron chi connectivity index (χ4n) is 1.85. The van der Waals surface area contributed by atoms with E-state index in [9.17, 15) is 12.8 Å². The van der Waals surface area contributed by atoms with E-state index in [1.165, 1.54) is 16.4 Å². The quantitative estimate of drug-likeness (QED) is 0.882. The molecule has 0 spiro atoms. The van der Waals surface area contributed by atoms with E-state index in [1.54, 1.807) is 11.8 Å². The average molecular weight is 370 g/mol. The average Bonchev–Trinajstić information content (AvgIpc) is 2.41. The Balaban J connectivity index is 2.47. The molecule has 1 aliphatic heterocycles. The summed E-state index contributed by atoms with van der Waals surface area (Å²) < 4.78 is 40.6. The standard InChI is InChI=1S/C11H13BrFNO3S2/c12-9-5-8(7-15)11(13)10(6-9)19(16,17)14-1-3-18-4-2-14/h5-6,15H,1-4,7H2. The van der Waals surface area contributed by atoms with Gasteiger partial charge in [-0.2, -0.15) is 16.1 Å². The van der Waals surface area contributed by atoms with Gasteiger partial charge in [-0.15, -0.1) is 0 Å². The summed E-state index contributed by atoms with van der Waals surface area (Å²) in [4.78, 5) is -0.377. The van der Waals surface area contributed by atoms with Crippen molar-refractivity contribution < 1.29 is 17.9 Å². The van der Waals surface area contributed by atoms with Crippen LogP contribution < -0.4 is 0 Å². The van der Waals surface area contributed by atoms with Crippen LogP contribution in [0.15, 0.2) is 21.5 Å². The molecule has 0 atom stereocenters. The molecule has 0 unspecified atom stereocenters. The van der Waals surface area contributed by atoms with Gasteiger partial charge in [-0.25, -0.2) is 12.8 Å². The molecule has 0 aromatic heterocycles. The molecule has 19 heavy (non-hydrogen) atoms. The highest BCUT2D eigenvalue weighted by Crippen LogP contribution is 2.28. The predicted octanol–water partition coefficient (Wildman–Crippen LogP) is 1.82. The third-order valence-electron chi connectivity index (χ3n) is 2.84. The molecular weight excluding hydrogens is 357 g/mol. The zero-order valence-electron chi connectivity index (χ0n) is 9.97. The van der Waals surface area contributed by atoms with Gasteiger partial charge in [0.05, 0.1) is 6.61 Å². The summed E-state index contributed by atoms with van der Waals surface area (Å²) in [7, 11) is -3.84. The molecule has 1 saturated heterocycles. The van der Waals surface area contributed by atoms with Gasteiger partial charge in [-0.05, 0) is 12.1 Å². The molecule has 0 aliphatic carbocycles. The molecule has 1 N–H and O–H groups in total. The number of hydrogen-bond donors (Lipinski definition) is 1. The Morgan fingerprint density at radius 3 is 2.58 bits per heavy atom. The fraction of sp³-hybridized carbons (Fsp3) is 0.455. The third kappa shape index (κ3) is 3.13. The van der Waals surface area contributed by atoms with Gasteiger partial charge in [0.2, 0.25) is 10.0 Å². The second-order valence-corrected chi connectivity index (χ2v) is 8.10. The van der Waals surface area contributed by atoms with Gasteiger partial charge in [-0.1, -0.05) is 15.9 Å². The SMILES string of the molecule is O=S(=O)(c1cc(Br)cc(CO)c1F)N1CCSCC1. The normalized spacial score (nSPS) is 17.6. The lowest BCUT2D eigenvalue weighted by Gasteiger charge is -2.26. The van der Waals surface area contributed by atoms with Crippen LogP contribution in [0.3, 0.4) is 0 Å². The molecule has 0 bridgehead atoms. The topological polar surface area (TPSA) is 57.6 Å². The van der Waals surface area contributed by atoms with Crippen LogP contribution >= 0.6 is 27.7 Å². The lowest BCUT2D eigenvalue weighted by atomic mass is 10.2. The van der Waals surface area contributed by atoms with Crippen molar-refractivity contribution in [3.05, 3.63) is 28.0 Å². The van der Waals surface area contributed by atoms with Crippen molar-refractivity contribution in [3.8, 4) is 0 Å². The van der Waals surface area contributed by atoms with E-state index < -0.39 is 22.4 Å². The van der Waals surface area contributed by atoms with Crippen molar-refractivity contribution in [1.82, 2.24) is 4.31 Å². The zero-order chi connectivity index (χ0) is 14.0. The maximum Gasteiger partial charge on any atom is 0.246 e. The highest BCUT2D eigenvalue weighted by atomic mass is 79.9. The van der Waals surface area contributed by atoms with E-state index >= 15 is 0 Å². The largest absolute Gasteiger partial charge is 0.392 e. The summed E-state index contributed by atoms with van der Waals surface area (Å²) in [6, 6.07) is 2.62. The van der Waals surface area contributed by atoms with Crippen LogP contribution in [-0.2, 0) is 16.6 Å². The third-order valence-corrected chi connectivity index (χ3v) is 6.14. The van der Waals surface area contributed by atoms with Crippen LogP contribution in [0, 0.1) is 5.82 Å². The number of rotatable bonds is 3. The lowest BCUT2D eigenvalue weighted by molar-refractivity contribution is 0.274. The first-order chi connectivity index (χ1) is 8.96. The van der Waals surface area contributed by atoms with Crippen molar-refractivity contribution >= 4 is 37.7 Å². The Labute approximate surface area is 124 Å².